The van der Waals surface area contributed by atoms with Gasteiger partial charge >= 0.3 is 0 Å². The molecule has 7 heteroatoms. The van der Waals surface area contributed by atoms with Gasteiger partial charge < -0.3 is 15.5 Å². The van der Waals surface area contributed by atoms with Gasteiger partial charge in [-0.25, -0.2) is 0 Å². The van der Waals surface area contributed by atoms with Gasteiger partial charge in [0.1, 0.15) is 0 Å². The summed E-state index contributed by atoms with van der Waals surface area (Å²) in [7, 11) is 1.70. The van der Waals surface area contributed by atoms with Crippen LogP contribution >= 0.6 is 23.2 Å². The van der Waals surface area contributed by atoms with Crippen molar-refractivity contribution in [2.24, 2.45) is 0 Å². The molecule has 2 aromatic rings. The molecule has 2 N–H and O–H groups in total. The number of amides is 2. The van der Waals surface area contributed by atoms with E-state index in [1.807, 2.05) is 0 Å². The summed E-state index contributed by atoms with van der Waals surface area (Å²) in [6.45, 7) is 1.60. The van der Waals surface area contributed by atoms with Crippen molar-refractivity contribution in [1.82, 2.24) is 0 Å². The van der Waals surface area contributed by atoms with Crippen LogP contribution in [0, 0.1) is 0 Å². The number of benzene rings is 2. The van der Waals surface area contributed by atoms with Crippen molar-refractivity contribution in [1.29, 1.82) is 0 Å². The second-order valence-electron chi connectivity index (χ2n) is 5.16. The van der Waals surface area contributed by atoms with Crippen molar-refractivity contribution in [3.8, 4) is 0 Å². The molecule has 0 aliphatic rings. The number of anilines is 3. The topological polar surface area (TPSA) is 61.4 Å². The van der Waals surface area contributed by atoms with Gasteiger partial charge in [-0.05, 0) is 42.5 Å². The highest BCUT2D eigenvalue weighted by atomic mass is 35.5. The summed E-state index contributed by atoms with van der Waals surface area (Å²) >= 11 is 11.7. The summed E-state index contributed by atoms with van der Waals surface area (Å²) in [5, 5.41) is 6.55. The molecule has 2 amide bonds. The van der Waals surface area contributed by atoms with Crippen LogP contribution in [0.25, 0.3) is 0 Å². The molecule has 126 valence electrons. The van der Waals surface area contributed by atoms with E-state index in [0.29, 0.717) is 15.7 Å². The molecule has 0 atom stereocenters. The molecule has 2 aromatic carbocycles. The largest absolute Gasteiger partial charge is 0.376 e. The van der Waals surface area contributed by atoms with Crippen molar-refractivity contribution in [2.75, 3.05) is 29.1 Å². The molecule has 0 saturated heterocycles. The van der Waals surface area contributed by atoms with Crippen molar-refractivity contribution in [2.45, 2.75) is 6.92 Å². The van der Waals surface area contributed by atoms with Gasteiger partial charge in [0.25, 0.3) is 0 Å². The molecular weight excluding hydrogens is 349 g/mol. The molecule has 2 rings (SSSR count). The van der Waals surface area contributed by atoms with Crippen molar-refractivity contribution < 1.29 is 9.59 Å². The fraction of sp³-hybridized carbons (Fsp3) is 0.176. The normalized spacial score (nSPS) is 10.2. The summed E-state index contributed by atoms with van der Waals surface area (Å²) in [6.07, 6.45) is 0. The Morgan fingerprint density at radius 2 is 1.62 bits per heavy atom. The van der Waals surface area contributed by atoms with E-state index < -0.39 is 0 Å². The molecule has 0 spiro atoms. The van der Waals surface area contributed by atoms with Crippen LogP contribution in [-0.2, 0) is 9.59 Å². The van der Waals surface area contributed by atoms with Crippen LogP contribution in [0.5, 0.6) is 0 Å². The Morgan fingerprint density at radius 3 is 2.21 bits per heavy atom. The van der Waals surface area contributed by atoms with E-state index in [1.165, 1.54) is 6.92 Å². The minimum Gasteiger partial charge on any atom is -0.376 e. The molecule has 0 fully saturated rings. The Morgan fingerprint density at radius 1 is 1.00 bits per heavy atom. The quantitative estimate of drug-likeness (QED) is 0.840. The number of hydrogen-bond acceptors (Lipinski definition) is 3. The standard InChI is InChI=1S/C17H17Cl2N3O2/c1-11(23)22(2)14-6-3-12(4-7-14)20-10-17(24)21-13-5-8-15(18)16(19)9-13/h3-9,20H,10H2,1-2H3,(H,21,24). The molecule has 0 unspecified atom stereocenters. The SMILES string of the molecule is CC(=O)N(C)c1ccc(NCC(=O)Nc2ccc(Cl)c(Cl)c2)cc1. The average Bonchev–Trinajstić information content (AvgIpc) is 2.56. The molecule has 0 aliphatic carbocycles. The van der Waals surface area contributed by atoms with Crippen LogP contribution in [0.15, 0.2) is 42.5 Å². The number of carbonyl (C=O) groups is 2. The lowest BCUT2D eigenvalue weighted by atomic mass is 10.2. The first-order valence-electron chi connectivity index (χ1n) is 7.20. The number of halogens is 2. The lowest BCUT2D eigenvalue weighted by Gasteiger charge is -2.15. The summed E-state index contributed by atoms with van der Waals surface area (Å²) in [4.78, 5) is 24.8. The lowest BCUT2D eigenvalue weighted by molar-refractivity contribution is -0.116. The highest BCUT2D eigenvalue weighted by Crippen LogP contribution is 2.25. The zero-order valence-electron chi connectivity index (χ0n) is 13.3. The van der Waals surface area contributed by atoms with Crippen LogP contribution in [-0.4, -0.2) is 25.4 Å². The van der Waals surface area contributed by atoms with Gasteiger partial charge in [0.05, 0.1) is 16.6 Å². The van der Waals surface area contributed by atoms with Crippen molar-refractivity contribution in [3.05, 3.63) is 52.5 Å². The maximum absolute atomic E-state index is 11.9. The smallest absolute Gasteiger partial charge is 0.243 e. The van der Waals surface area contributed by atoms with Gasteiger partial charge in [0, 0.05) is 31.0 Å². The van der Waals surface area contributed by atoms with Gasteiger partial charge in [-0.2, -0.15) is 0 Å². The zero-order valence-corrected chi connectivity index (χ0v) is 14.8. The lowest BCUT2D eigenvalue weighted by Crippen LogP contribution is -2.23. The zero-order chi connectivity index (χ0) is 17.7. The number of nitrogens with one attached hydrogen (secondary N) is 2. The number of hydrogen-bond donors (Lipinski definition) is 2. The number of carbonyl (C=O) groups excluding carboxylic acids is 2. The van der Waals surface area contributed by atoms with E-state index in [2.05, 4.69) is 10.6 Å². The molecule has 24 heavy (non-hydrogen) atoms. The molecule has 0 bridgehead atoms. The molecule has 5 nitrogen and oxygen atoms in total. The van der Waals surface area contributed by atoms with Gasteiger partial charge in [-0.15, -0.1) is 0 Å². The Bertz CT molecular complexity index is 748. The van der Waals surface area contributed by atoms with Gasteiger partial charge in [0.2, 0.25) is 11.8 Å². The third-order valence-electron chi connectivity index (χ3n) is 3.38. The van der Waals surface area contributed by atoms with Crippen molar-refractivity contribution in [3.63, 3.8) is 0 Å². The molecule has 0 saturated carbocycles. The molecule has 0 heterocycles. The van der Waals surface area contributed by atoms with E-state index in [9.17, 15) is 9.59 Å². The van der Waals surface area contributed by atoms with Gasteiger partial charge in [-0.3, -0.25) is 9.59 Å². The van der Waals surface area contributed by atoms with Gasteiger partial charge in [0.15, 0.2) is 0 Å². The van der Waals surface area contributed by atoms with E-state index in [4.69, 9.17) is 23.2 Å². The Labute approximate surface area is 150 Å². The summed E-state index contributed by atoms with van der Waals surface area (Å²) < 4.78 is 0. The first-order chi connectivity index (χ1) is 11.4. The maximum atomic E-state index is 11.9. The van der Waals surface area contributed by atoms with E-state index in [1.54, 1.807) is 54.4 Å². The Hall–Kier alpha value is -2.24. The fourth-order valence-corrected chi connectivity index (χ4v) is 2.24. The summed E-state index contributed by atoms with van der Waals surface area (Å²) in [5.74, 6) is -0.255. The van der Waals surface area contributed by atoms with E-state index in [-0.39, 0.29) is 18.4 Å². The molecule has 0 radical (unpaired) electrons. The predicted octanol–water partition coefficient (Wildman–Crippen LogP) is 4.03. The Balaban J connectivity index is 1.89. The predicted molar refractivity (Wildman–Crippen MR) is 99.1 cm³/mol. The van der Waals surface area contributed by atoms with Gasteiger partial charge in [-0.1, -0.05) is 23.2 Å². The number of nitrogens with zero attached hydrogens (tertiary/aromatic N) is 1. The minimum atomic E-state index is -0.210. The fourth-order valence-electron chi connectivity index (χ4n) is 1.95. The third kappa shape index (κ3) is 4.88. The minimum absolute atomic E-state index is 0.0447. The first kappa shape index (κ1) is 18.1. The van der Waals surface area contributed by atoms with Crippen LogP contribution in [0.3, 0.4) is 0 Å². The Kier molecular flexibility index (Phi) is 6.06. The molecular formula is C17H17Cl2N3O2. The van der Waals surface area contributed by atoms with E-state index >= 15 is 0 Å². The van der Waals surface area contributed by atoms with Crippen molar-refractivity contribution >= 4 is 52.1 Å². The summed E-state index contributed by atoms with van der Waals surface area (Å²) in [5.41, 5.74) is 2.14. The highest BCUT2D eigenvalue weighted by molar-refractivity contribution is 6.42. The van der Waals surface area contributed by atoms with Crippen LogP contribution in [0.4, 0.5) is 17.1 Å². The first-order valence-corrected chi connectivity index (χ1v) is 7.95. The average molecular weight is 366 g/mol. The highest BCUT2D eigenvalue weighted by Gasteiger charge is 2.07. The van der Waals surface area contributed by atoms with E-state index in [0.717, 1.165) is 11.4 Å². The number of rotatable bonds is 5. The third-order valence-corrected chi connectivity index (χ3v) is 4.12. The van der Waals surface area contributed by atoms with Crippen LogP contribution < -0.4 is 15.5 Å². The monoisotopic (exact) mass is 365 g/mol. The van der Waals surface area contributed by atoms with Crippen LogP contribution in [0.1, 0.15) is 6.92 Å². The molecule has 0 aliphatic heterocycles. The maximum Gasteiger partial charge on any atom is 0.243 e. The van der Waals surface area contributed by atoms with Crippen LogP contribution in [0.2, 0.25) is 10.0 Å². The second-order valence-corrected chi connectivity index (χ2v) is 5.97. The molecule has 0 aromatic heterocycles. The summed E-state index contributed by atoms with van der Waals surface area (Å²) in [6, 6.07) is 12.1. The second kappa shape index (κ2) is 8.04.